The van der Waals surface area contributed by atoms with E-state index in [0.717, 1.165) is 30.2 Å². The summed E-state index contributed by atoms with van der Waals surface area (Å²) in [5, 5.41) is 3.36. The number of ether oxygens (including phenoxy) is 2. The van der Waals surface area contributed by atoms with Gasteiger partial charge >= 0.3 is 0 Å². The fourth-order valence-electron chi connectivity index (χ4n) is 3.22. The molecule has 0 amide bonds. The number of benzene rings is 2. The third-order valence-corrected chi connectivity index (χ3v) is 4.53. The monoisotopic (exact) mass is 329 g/mol. The summed E-state index contributed by atoms with van der Waals surface area (Å²) in [6, 6.07) is 13.1. The fraction of sp³-hybridized carbons (Fsp3) is 0.333. The van der Waals surface area contributed by atoms with Gasteiger partial charge in [-0.15, -0.1) is 0 Å². The SMILES string of the molecule is Fc1ccccc1CNCC1CNNC1c1ccc2c(c1)OCO2. The molecule has 0 aliphatic carbocycles. The lowest BCUT2D eigenvalue weighted by Gasteiger charge is -2.19. The Kier molecular flexibility index (Phi) is 4.34. The second-order valence-electron chi connectivity index (χ2n) is 6.10. The molecule has 126 valence electrons. The van der Waals surface area contributed by atoms with E-state index in [9.17, 15) is 4.39 Å². The van der Waals surface area contributed by atoms with Crippen LogP contribution in [-0.2, 0) is 6.54 Å². The molecule has 0 saturated carbocycles. The standard InChI is InChI=1S/C18H20FN3O2/c19-15-4-2-1-3-13(15)8-20-9-14-10-21-22-18(14)12-5-6-16-17(7-12)24-11-23-16/h1-7,14,18,20-22H,8-11H2. The van der Waals surface area contributed by atoms with Gasteiger partial charge in [0.2, 0.25) is 6.79 Å². The Morgan fingerprint density at radius 1 is 1.12 bits per heavy atom. The quantitative estimate of drug-likeness (QED) is 0.784. The van der Waals surface area contributed by atoms with Gasteiger partial charge in [-0.05, 0) is 23.8 Å². The maximum absolute atomic E-state index is 13.7. The zero-order chi connectivity index (χ0) is 16.4. The van der Waals surface area contributed by atoms with Gasteiger partial charge in [-0.25, -0.2) is 9.82 Å². The van der Waals surface area contributed by atoms with Crippen molar-refractivity contribution in [2.24, 2.45) is 5.92 Å². The van der Waals surface area contributed by atoms with Gasteiger partial charge in [-0.2, -0.15) is 0 Å². The van der Waals surface area contributed by atoms with Crippen LogP contribution in [0.4, 0.5) is 4.39 Å². The Balaban J connectivity index is 1.39. The first-order chi connectivity index (χ1) is 11.8. The predicted octanol–water partition coefficient (Wildman–Crippen LogP) is 2.11. The minimum absolute atomic E-state index is 0.167. The van der Waals surface area contributed by atoms with Crippen LogP contribution in [-0.4, -0.2) is 19.9 Å². The van der Waals surface area contributed by atoms with E-state index in [0.29, 0.717) is 18.0 Å². The van der Waals surface area contributed by atoms with Crippen molar-refractivity contribution in [2.75, 3.05) is 19.9 Å². The highest BCUT2D eigenvalue weighted by molar-refractivity contribution is 5.45. The molecule has 0 bridgehead atoms. The highest BCUT2D eigenvalue weighted by atomic mass is 19.1. The van der Waals surface area contributed by atoms with Crippen LogP contribution in [0.5, 0.6) is 11.5 Å². The van der Waals surface area contributed by atoms with E-state index in [1.54, 1.807) is 6.07 Å². The molecular formula is C18H20FN3O2. The molecule has 0 radical (unpaired) electrons. The topological polar surface area (TPSA) is 54.5 Å². The van der Waals surface area contributed by atoms with Gasteiger partial charge in [0.15, 0.2) is 11.5 Å². The maximum atomic E-state index is 13.7. The summed E-state index contributed by atoms with van der Waals surface area (Å²) < 4.78 is 24.5. The minimum Gasteiger partial charge on any atom is -0.454 e. The summed E-state index contributed by atoms with van der Waals surface area (Å²) in [5.74, 6) is 1.77. The normalized spacial score (nSPS) is 22.0. The Morgan fingerprint density at radius 2 is 2.00 bits per heavy atom. The second-order valence-corrected chi connectivity index (χ2v) is 6.10. The van der Waals surface area contributed by atoms with E-state index in [1.165, 1.54) is 6.07 Å². The number of hydrogen-bond donors (Lipinski definition) is 3. The van der Waals surface area contributed by atoms with E-state index in [2.05, 4.69) is 22.2 Å². The van der Waals surface area contributed by atoms with Crippen molar-refractivity contribution in [2.45, 2.75) is 12.6 Å². The first kappa shape index (κ1) is 15.4. The number of fused-ring (bicyclic) bond motifs is 1. The Labute approximate surface area is 140 Å². The lowest BCUT2D eigenvalue weighted by molar-refractivity contribution is 0.174. The predicted molar refractivity (Wildman–Crippen MR) is 88.0 cm³/mol. The van der Waals surface area contributed by atoms with Crippen LogP contribution in [0.25, 0.3) is 0 Å². The average Bonchev–Trinajstić information content (AvgIpc) is 3.24. The summed E-state index contributed by atoms with van der Waals surface area (Å²) >= 11 is 0. The summed E-state index contributed by atoms with van der Waals surface area (Å²) in [6.07, 6.45) is 0. The highest BCUT2D eigenvalue weighted by Crippen LogP contribution is 2.36. The number of hydrogen-bond acceptors (Lipinski definition) is 5. The molecule has 5 nitrogen and oxygen atoms in total. The van der Waals surface area contributed by atoms with Gasteiger partial charge in [0.25, 0.3) is 0 Å². The zero-order valence-electron chi connectivity index (χ0n) is 13.2. The van der Waals surface area contributed by atoms with Crippen LogP contribution >= 0.6 is 0 Å². The van der Waals surface area contributed by atoms with Crippen molar-refractivity contribution in [3.05, 3.63) is 59.4 Å². The first-order valence-corrected chi connectivity index (χ1v) is 8.13. The van der Waals surface area contributed by atoms with Crippen molar-refractivity contribution in [1.82, 2.24) is 16.2 Å². The van der Waals surface area contributed by atoms with Gasteiger partial charge in [0, 0.05) is 31.1 Å². The molecule has 2 aromatic rings. The molecule has 2 aliphatic heterocycles. The fourth-order valence-corrected chi connectivity index (χ4v) is 3.22. The average molecular weight is 329 g/mol. The summed E-state index contributed by atoms with van der Waals surface area (Å²) in [6.45, 7) is 2.44. The molecule has 0 spiro atoms. The number of nitrogens with one attached hydrogen (secondary N) is 3. The third-order valence-electron chi connectivity index (χ3n) is 4.53. The molecule has 2 aliphatic rings. The Bertz CT molecular complexity index is 725. The number of rotatable bonds is 5. The molecule has 6 heteroatoms. The van der Waals surface area contributed by atoms with Crippen molar-refractivity contribution < 1.29 is 13.9 Å². The van der Waals surface area contributed by atoms with Gasteiger partial charge in [0.05, 0.1) is 6.04 Å². The van der Waals surface area contributed by atoms with Crippen molar-refractivity contribution in [1.29, 1.82) is 0 Å². The first-order valence-electron chi connectivity index (χ1n) is 8.13. The zero-order valence-corrected chi connectivity index (χ0v) is 13.2. The van der Waals surface area contributed by atoms with Crippen LogP contribution in [0.2, 0.25) is 0 Å². The molecule has 1 fully saturated rings. The molecule has 2 atom stereocenters. The lowest BCUT2D eigenvalue weighted by Crippen LogP contribution is -2.28. The minimum atomic E-state index is -0.167. The summed E-state index contributed by atoms with van der Waals surface area (Å²) in [5.41, 5.74) is 8.37. The van der Waals surface area contributed by atoms with Crippen molar-refractivity contribution in [3.63, 3.8) is 0 Å². The Hall–Kier alpha value is -2.15. The molecule has 2 unspecified atom stereocenters. The Morgan fingerprint density at radius 3 is 2.92 bits per heavy atom. The lowest BCUT2D eigenvalue weighted by atomic mass is 9.94. The molecule has 1 saturated heterocycles. The second kappa shape index (κ2) is 6.76. The van der Waals surface area contributed by atoms with E-state index < -0.39 is 0 Å². The van der Waals surface area contributed by atoms with Crippen LogP contribution < -0.4 is 25.6 Å². The summed E-state index contributed by atoms with van der Waals surface area (Å²) in [7, 11) is 0. The maximum Gasteiger partial charge on any atom is 0.231 e. The van der Waals surface area contributed by atoms with Crippen molar-refractivity contribution >= 4 is 0 Å². The van der Waals surface area contributed by atoms with Crippen molar-refractivity contribution in [3.8, 4) is 11.5 Å². The van der Waals surface area contributed by atoms with Gasteiger partial charge in [-0.1, -0.05) is 24.3 Å². The van der Waals surface area contributed by atoms with Crippen LogP contribution in [0.15, 0.2) is 42.5 Å². The van der Waals surface area contributed by atoms with Crippen LogP contribution in [0.1, 0.15) is 17.2 Å². The van der Waals surface area contributed by atoms with Gasteiger partial charge < -0.3 is 14.8 Å². The molecule has 2 heterocycles. The van der Waals surface area contributed by atoms with E-state index in [-0.39, 0.29) is 18.7 Å². The van der Waals surface area contributed by atoms with Crippen LogP contribution in [0.3, 0.4) is 0 Å². The molecule has 4 rings (SSSR count). The largest absolute Gasteiger partial charge is 0.454 e. The van der Waals surface area contributed by atoms with E-state index >= 15 is 0 Å². The van der Waals surface area contributed by atoms with E-state index in [4.69, 9.17) is 9.47 Å². The van der Waals surface area contributed by atoms with Gasteiger partial charge in [0.1, 0.15) is 5.82 Å². The smallest absolute Gasteiger partial charge is 0.231 e. The third kappa shape index (κ3) is 3.08. The number of halogens is 1. The molecular weight excluding hydrogens is 309 g/mol. The highest BCUT2D eigenvalue weighted by Gasteiger charge is 2.29. The van der Waals surface area contributed by atoms with E-state index in [1.807, 2.05) is 24.3 Å². The molecule has 2 aromatic carbocycles. The summed E-state index contributed by atoms with van der Waals surface area (Å²) in [4.78, 5) is 0. The molecule has 3 N–H and O–H groups in total. The number of hydrazine groups is 1. The van der Waals surface area contributed by atoms with Gasteiger partial charge in [-0.3, -0.25) is 5.43 Å². The van der Waals surface area contributed by atoms with Crippen LogP contribution in [0, 0.1) is 11.7 Å². The molecule has 24 heavy (non-hydrogen) atoms. The molecule has 0 aromatic heterocycles.